The fourth-order valence-electron chi connectivity index (χ4n) is 2.32. The lowest BCUT2D eigenvalue weighted by atomic mass is 10.1. The largest absolute Gasteiger partial charge is 0.369 e. The van der Waals surface area contributed by atoms with Crippen molar-refractivity contribution in [2.24, 2.45) is 0 Å². The average molecular weight is 244 g/mol. The second-order valence-electron chi connectivity index (χ2n) is 4.56. The van der Waals surface area contributed by atoms with E-state index in [9.17, 15) is 4.79 Å². The van der Waals surface area contributed by atoms with Crippen molar-refractivity contribution in [3.05, 3.63) is 23.8 Å². The van der Waals surface area contributed by atoms with Crippen LogP contribution >= 0.6 is 0 Å². The first-order valence-electron chi connectivity index (χ1n) is 6.25. The van der Waals surface area contributed by atoms with Gasteiger partial charge in [-0.25, -0.2) is 4.98 Å². The molecule has 0 aliphatic carbocycles. The molecule has 1 aliphatic heterocycles. The summed E-state index contributed by atoms with van der Waals surface area (Å²) in [6.45, 7) is 4.53. The van der Waals surface area contributed by atoms with E-state index in [0.717, 1.165) is 37.1 Å². The van der Waals surface area contributed by atoms with E-state index in [-0.39, 0.29) is 5.91 Å². The number of fused-ring (bicyclic) bond motifs is 1. The van der Waals surface area contributed by atoms with Crippen LogP contribution in [-0.4, -0.2) is 33.4 Å². The van der Waals surface area contributed by atoms with Gasteiger partial charge in [-0.15, -0.1) is 0 Å². The molecule has 0 spiro atoms. The number of nitrogens with two attached hydrogens (primary N) is 1. The third-order valence-electron chi connectivity index (χ3n) is 3.48. The van der Waals surface area contributed by atoms with E-state index in [4.69, 9.17) is 5.73 Å². The summed E-state index contributed by atoms with van der Waals surface area (Å²) in [7, 11) is 0. The number of hydrogen-bond donors (Lipinski definition) is 1. The summed E-state index contributed by atoms with van der Waals surface area (Å²) in [6.07, 6.45) is 1.10. The quantitative estimate of drug-likeness (QED) is 0.870. The molecule has 0 bridgehead atoms. The number of nitrogens with zero attached hydrogens (tertiary/aromatic N) is 3. The predicted molar refractivity (Wildman–Crippen MR) is 70.3 cm³/mol. The highest BCUT2D eigenvalue weighted by molar-refractivity contribution is 5.98. The number of nitrogen functional groups attached to an aromatic ring is 1. The summed E-state index contributed by atoms with van der Waals surface area (Å²) < 4.78 is 1.94. The lowest BCUT2D eigenvalue weighted by Crippen LogP contribution is -2.41. The van der Waals surface area contributed by atoms with Crippen LogP contribution in [0.5, 0.6) is 0 Å². The van der Waals surface area contributed by atoms with E-state index in [0.29, 0.717) is 11.5 Å². The Hall–Kier alpha value is -2.04. The predicted octanol–water partition coefficient (Wildman–Crippen LogP) is 1.48. The smallest absolute Gasteiger partial charge is 0.253 e. The van der Waals surface area contributed by atoms with Crippen molar-refractivity contribution in [1.29, 1.82) is 0 Å². The number of amides is 1. The molecular weight excluding hydrogens is 228 g/mol. The van der Waals surface area contributed by atoms with Gasteiger partial charge in [-0.3, -0.25) is 4.79 Å². The molecule has 2 aromatic rings. The monoisotopic (exact) mass is 244 g/mol. The number of rotatable bonds is 2. The molecule has 18 heavy (non-hydrogen) atoms. The number of aromatic nitrogens is 2. The summed E-state index contributed by atoms with van der Waals surface area (Å²) in [5, 5.41) is 0. The third kappa shape index (κ3) is 1.54. The molecule has 1 saturated heterocycles. The number of hydrogen-bond acceptors (Lipinski definition) is 3. The van der Waals surface area contributed by atoms with E-state index in [1.165, 1.54) is 0 Å². The van der Waals surface area contributed by atoms with E-state index in [2.05, 4.69) is 4.98 Å². The first kappa shape index (κ1) is 11.1. The number of benzene rings is 1. The molecule has 0 saturated carbocycles. The van der Waals surface area contributed by atoms with Gasteiger partial charge >= 0.3 is 0 Å². The Labute approximate surface area is 105 Å². The maximum Gasteiger partial charge on any atom is 0.253 e. The second-order valence-corrected chi connectivity index (χ2v) is 4.56. The summed E-state index contributed by atoms with van der Waals surface area (Å²) in [6, 6.07) is 5.62. The van der Waals surface area contributed by atoms with Gasteiger partial charge < -0.3 is 15.2 Å². The minimum atomic E-state index is 0.0905. The Morgan fingerprint density at radius 3 is 2.83 bits per heavy atom. The highest BCUT2D eigenvalue weighted by Gasteiger charge is 2.22. The summed E-state index contributed by atoms with van der Waals surface area (Å²) in [5.74, 6) is 0.591. The van der Waals surface area contributed by atoms with Gasteiger partial charge in [0.15, 0.2) is 0 Å². The second kappa shape index (κ2) is 4.01. The van der Waals surface area contributed by atoms with Crippen molar-refractivity contribution in [3.63, 3.8) is 0 Å². The molecule has 94 valence electrons. The van der Waals surface area contributed by atoms with Crippen LogP contribution in [0.1, 0.15) is 23.7 Å². The Bertz CT molecular complexity index is 613. The fourth-order valence-corrected chi connectivity index (χ4v) is 2.32. The van der Waals surface area contributed by atoms with Crippen LogP contribution in [0.4, 0.5) is 5.95 Å². The van der Waals surface area contributed by atoms with Gasteiger partial charge in [-0.1, -0.05) is 0 Å². The molecule has 1 fully saturated rings. The molecule has 1 amide bonds. The third-order valence-corrected chi connectivity index (χ3v) is 3.48. The lowest BCUT2D eigenvalue weighted by Gasteiger charge is -2.30. The molecule has 1 aromatic carbocycles. The zero-order valence-corrected chi connectivity index (χ0v) is 10.4. The van der Waals surface area contributed by atoms with Gasteiger partial charge in [-0.2, -0.15) is 0 Å². The van der Waals surface area contributed by atoms with E-state index < -0.39 is 0 Å². The zero-order chi connectivity index (χ0) is 12.7. The molecular formula is C13H16N4O. The number of anilines is 1. The van der Waals surface area contributed by atoms with Crippen molar-refractivity contribution >= 4 is 22.9 Å². The summed E-state index contributed by atoms with van der Waals surface area (Å²) in [4.78, 5) is 18.2. The highest BCUT2D eigenvalue weighted by Crippen LogP contribution is 2.21. The Balaban J connectivity index is 2.03. The number of imidazole rings is 1. The number of aryl methyl sites for hydroxylation is 1. The fraction of sp³-hybridized carbons (Fsp3) is 0.385. The van der Waals surface area contributed by atoms with Crippen molar-refractivity contribution in [3.8, 4) is 0 Å². The van der Waals surface area contributed by atoms with Gasteiger partial charge in [0.1, 0.15) is 0 Å². The molecule has 0 unspecified atom stereocenters. The number of carbonyl (C=O) groups excluding carboxylic acids is 1. The van der Waals surface area contributed by atoms with Gasteiger partial charge in [0.2, 0.25) is 5.95 Å². The first-order chi connectivity index (χ1) is 8.70. The Morgan fingerprint density at radius 1 is 1.44 bits per heavy atom. The van der Waals surface area contributed by atoms with E-state index in [1.807, 2.05) is 34.6 Å². The van der Waals surface area contributed by atoms with Crippen molar-refractivity contribution < 1.29 is 4.79 Å². The molecule has 2 N–H and O–H groups in total. The van der Waals surface area contributed by atoms with Gasteiger partial charge in [0.05, 0.1) is 11.0 Å². The average Bonchev–Trinajstić information content (AvgIpc) is 2.60. The van der Waals surface area contributed by atoms with Crippen molar-refractivity contribution in [2.45, 2.75) is 19.9 Å². The van der Waals surface area contributed by atoms with Crippen molar-refractivity contribution in [1.82, 2.24) is 14.5 Å². The van der Waals surface area contributed by atoms with Crippen LogP contribution in [0, 0.1) is 0 Å². The zero-order valence-electron chi connectivity index (χ0n) is 10.4. The van der Waals surface area contributed by atoms with Gasteiger partial charge in [0.25, 0.3) is 5.91 Å². The van der Waals surface area contributed by atoms with Crippen molar-refractivity contribution in [2.75, 3.05) is 18.8 Å². The molecule has 5 heteroatoms. The summed E-state index contributed by atoms with van der Waals surface area (Å²) >= 11 is 0. The van der Waals surface area contributed by atoms with E-state index in [1.54, 1.807) is 0 Å². The number of likely N-dealkylation sites (tertiary alicyclic amines) is 1. The normalized spacial score (nSPS) is 14.8. The van der Waals surface area contributed by atoms with Crippen LogP contribution in [-0.2, 0) is 6.54 Å². The summed E-state index contributed by atoms with van der Waals surface area (Å²) in [5.41, 5.74) is 8.31. The first-order valence-corrected chi connectivity index (χ1v) is 6.25. The number of carbonyl (C=O) groups is 1. The SMILES string of the molecule is CCn1c(N)nc2cc(C(=O)N3CCC3)ccc21. The molecule has 5 nitrogen and oxygen atoms in total. The maximum absolute atomic E-state index is 12.1. The van der Waals surface area contributed by atoms with Crippen LogP contribution in [0.25, 0.3) is 11.0 Å². The van der Waals surface area contributed by atoms with Crippen LogP contribution in [0.15, 0.2) is 18.2 Å². The minimum absolute atomic E-state index is 0.0905. The molecule has 1 aromatic heterocycles. The van der Waals surface area contributed by atoms with Crippen LogP contribution < -0.4 is 5.73 Å². The topological polar surface area (TPSA) is 64.2 Å². The highest BCUT2D eigenvalue weighted by atomic mass is 16.2. The maximum atomic E-state index is 12.1. The Kier molecular flexibility index (Phi) is 2.47. The molecule has 2 heterocycles. The standard InChI is InChI=1S/C13H16N4O/c1-2-17-11-5-4-9(8-10(11)15-13(17)14)12(18)16-6-3-7-16/h4-5,8H,2-3,6-7H2,1H3,(H2,14,15). The molecule has 0 atom stereocenters. The van der Waals surface area contributed by atoms with E-state index >= 15 is 0 Å². The molecule has 3 rings (SSSR count). The van der Waals surface area contributed by atoms with Gasteiger partial charge in [0, 0.05) is 25.2 Å². The van der Waals surface area contributed by atoms with Crippen LogP contribution in [0.2, 0.25) is 0 Å². The van der Waals surface area contributed by atoms with Gasteiger partial charge in [-0.05, 0) is 31.5 Å². The van der Waals surface area contributed by atoms with Crippen LogP contribution in [0.3, 0.4) is 0 Å². The molecule has 0 radical (unpaired) electrons. The lowest BCUT2D eigenvalue weighted by molar-refractivity contribution is 0.0652. The Morgan fingerprint density at radius 2 is 2.22 bits per heavy atom. The molecule has 1 aliphatic rings. The minimum Gasteiger partial charge on any atom is -0.369 e.